The van der Waals surface area contributed by atoms with Gasteiger partial charge in [0.05, 0.1) is 30.1 Å². The van der Waals surface area contributed by atoms with Gasteiger partial charge in [0.2, 0.25) is 0 Å². The van der Waals surface area contributed by atoms with Gasteiger partial charge in [-0.15, -0.1) is 0 Å². The number of ether oxygens (including phenoxy) is 2. The zero-order valence-corrected chi connectivity index (χ0v) is 19.2. The number of aldehydes is 1. The van der Waals surface area contributed by atoms with E-state index in [1.54, 1.807) is 6.26 Å². The zero-order valence-electron chi connectivity index (χ0n) is 19.2. The van der Waals surface area contributed by atoms with E-state index in [2.05, 4.69) is 20.8 Å². The first-order chi connectivity index (χ1) is 15.3. The fraction of sp³-hybridized carbons (Fsp3) is 0.640. The van der Waals surface area contributed by atoms with Crippen molar-refractivity contribution in [2.75, 3.05) is 0 Å². The number of rotatable bonds is 8. The molecule has 2 saturated heterocycles. The van der Waals surface area contributed by atoms with Crippen LogP contribution in [-0.2, 0) is 15.9 Å². The lowest BCUT2D eigenvalue weighted by Crippen LogP contribution is -2.53. The van der Waals surface area contributed by atoms with Gasteiger partial charge in [0.1, 0.15) is 11.3 Å². The van der Waals surface area contributed by atoms with E-state index in [-0.39, 0.29) is 23.3 Å². The third-order valence-electron chi connectivity index (χ3n) is 7.01. The molecule has 32 heavy (non-hydrogen) atoms. The topological polar surface area (TPSA) is 113 Å². The predicted molar refractivity (Wildman–Crippen MR) is 119 cm³/mol. The van der Waals surface area contributed by atoms with Crippen molar-refractivity contribution < 1.29 is 34.0 Å². The smallest absolute Gasteiger partial charge is 0.189 e. The summed E-state index contributed by atoms with van der Waals surface area (Å²) in [6, 6.07) is 1.90. The number of furan rings is 1. The SMILES string of the molecule is CCC[C@@H](c1coc2c(C=O)c(O)c(CC(C)C)cc12)[C@H]1C[C@@H](O)[C@@]2(O[C@H]2CC)C(O)O1. The van der Waals surface area contributed by atoms with Crippen molar-refractivity contribution in [2.45, 2.75) is 95.9 Å². The van der Waals surface area contributed by atoms with Crippen LogP contribution in [0.3, 0.4) is 0 Å². The average molecular weight is 447 g/mol. The molecule has 3 N–H and O–H groups in total. The second-order valence-corrected chi connectivity index (χ2v) is 9.62. The standard InChI is InChI=1S/C25H34O7/c1-5-7-15(19-10-20(27)25(24(29)31-19)21(6-2)32-25)18-12-30-23-16(18)9-14(8-13(3)4)22(28)17(23)11-26/h9,11-13,15,19-21,24,27-29H,5-8,10H2,1-4H3/t15-,19+,20+,21-,24?,25-/m0/s1. The number of carbonyl (C=O) groups is 1. The monoisotopic (exact) mass is 446 g/mol. The van der Waals surface area contributed by atoms with Gasteiger partial charge in [-0.2, -0.15) is 0 Å². The first-order valence-electron chi connectivity index (χ1n) is 11.7. The summed E-state index contributed by atoms with van der Waals surface area (Å²) in [7, 11) is 0. The molecule has 0 radical (unpaired) electrons. The van der Waals surface area contributed by atoms with Crippen LogP contribution in [0.5, 0.6) is 5.75 Å². The molecule has 2 fully saturated rings. The van der Waals surface area contributed by atoms with Crippen LogP contribution in [0.25, 0.3) is 11.0 Å². The van der Waals surface area contributed by atoms with Crippen molar-refractivity contribution in [2.24, 2.45) is 5.92 Å². The summed E-state index contributed by atoms with van der Waals surface area (Å²) in [5.41, 5.74) is 1.04. The molecule has 2 aliphatic heterocycles. The molecule has 0 amide bonds. The summed E-state index contributed by atoms with van der Waals surface area (Å²) in [5, 5.41) is 33.0. The van der Waals surface area contributed by atoms with Crippen LogP contribution in [0, 0.1) is 5.92 Å². The van der Waals surface area contributed by atoms with Crippen molar-refractivity contribution in [3.63, 3.8) is 0 Å². The molecule has 2 aliphatic rings. The van der Waals surface area contributed by atoms with Crippen LogP contribution in [0.15, 0.2) is 16.7 Å². The Labute approximate surface area is 188 Å². The summed E-state index contributed by atoms with van der Waals surface area (Å²) >= 11 is 0. The van der Waals surface area contributed by atoms with Crippen molar-refractivity contribution in [1.82, 2.24) is 0 Å². The number of aliphatic hydroxyl groups excluding tert-OH is 2. The number of epoxide rings is 1. The highest BCUT2D eigenvalue weighted by atomic mass is 16.7. The Hall–Kier alpha value is -1.93. The number of fused-ring (bicyclic) bond motifs is 1. The van der Waals surface area contributed by atoms with Gasteiger partial charge in [0.15, 0.2) is 18.2 Å². The Morgan fingerprint density at radius 1 is 1.28 bits per heavy atom. The molecule has 6 atom stereocenters. The summed E-state index contributed by atoms with van der Waals surface area (Å²) in [4.78, 5) is 11.8. The van der Waals surface area contributed by atoms with Crippen molar-refractivity contribution in [1.29, 1.82) is 0 Å². The van der Waals surface area contributed by atoms with E-state index in [9.17, 15) is 20.1 Å². The van der Waals surface area contributed by atoms with Crippen molar-refractivity contribution >= 4 is 17.3 Å². The molecule has 1 aromatic heterocycles. The third-order valence-corrected chi connectivity index (χ3v) is 7.01. The maximum Gasteiger partial charge on any atom is 0.189 e. The second kappa shape index (κ2) is 8.78. The van der Waals surface area contributed by atoms with E-state index in [0.717, 1.165) is 23.8 Å². The Kier molecular flexibility index (Phi) is 6.38. The third kappa shape index (κ3) is 3.65. The number of aromatic hydroxyl groups is 1. The highest BCUT2D eigenvalue weighted by molar-refractivity contribution is 6.00. The lowest BCUT2D eigenvalue weighted by Gasteiger charge is -2.39. The molecule has 0 saturated carbocycles. The van der Waals surface area contributed by atoms with Gasteiger partial charge in [0, 0.05) is 23.3 Å². The van der Waals surface area contributed by atoms with E-state index in [1.807, 2.05) is 13.0 Å². The molecular formula is C25H34O7. The van der Waals surface area contributed by atoms with Crippen molar-refractivity contribution in [3.8, 4) is 5.75 Å². The number of phenols is 1. The molecule has 7 heteroatoms. The predicted octanol–water partition coefficient (Wildman–Crippen LogP) is 4.05. The number of carbonyl (C=O) groups excluding carboxylic acids is 1. The summed E-state index contributed by atoms with van der Waals surface area (Å²) in [6.45, 7) is 8.13. The molecule has 1 spiro atoms. The van der Waals surface area contributed by atoms with Gasteiger partial charge in [-0.1, -0.05) is 34.1 Å². The van der Waals surface area contributed by atoms with Crippen LogP contribution in [-0.4, -0.2) is 51.8 Å². The molecule has 3 heterocycles. The minimum atomic E-state index is -1.20. The summed E-state index contributed by atoms with van der Waals surface area (Å²) < 4.78 is 17.5. The van der Waals surface area contributed by atoms with Crippen LogP contribution >= 0.6 is 0 Å². The van der Waals surface area contributed by atoms with E-state index in [4.69, 9.17) is 13.9 Å². The number of hydrogen-bond donors (Lipinski definition) is 3. The van der Waals surface area contributed by atoms with E-state index in [1.165, 1.54) is 0 Å². The van der Waals surface area contributed by atoms with Gasteiger partial charge in [0.25, 0.3) is 0 Å². The van der Waals surface area contributed by atoms with Gasteiger partial charge in [-0.25, -0.2) is 0 Å². The fourth-order valence-corrected chi connectivity index (χ4v) is 5.39. The second-order valence-electron chi connectivity index (χ2n) is 9.62. The number of benzene rings is 1. The quantitative estimate of drug-likeness (QED) is 0.414. The molecule has 7 nitrogen and oxygen atoms in total. The lowest BCUT2D eigenvalue weighted by atomic mass is 9.80. The highest BCUT2D eigenvalue weighted by Gasteiger charge is 2.68. The van der Waals surface area contributed by atoms with Gasteiger partial charge < -0.3 is 29.2 Å². The maximum absolute atomic E-state index is 11.8. The molecule has 0 aliphatic carbocycles. The molecule has 176 valence electrons. The lowest BCUT2D eigenvalue weighted by molar-refractivity contribution is -0.236. The van der Waals surface area contributed by atoms with Crippen LogP contribution < -0.4 is 0 Å². The minimum Gasteiger partial charge on any atom is -0.507 e. The number of hydrogen-bond acceptors (Lipinski definition) is 7. The van der Waals surface area contributed by atoms with Crippen molar-refractivity contribution in [3.05, 3.63) is 29.0 Å². The van der Waals surface area contributed by atoms with Gasteiger partial charge in [-0.05, 0) is 36.8 Å². The minimum absolute atomic E-state index is 0.0349. The van der Waals surface area contributed by atoms with Crippen LogP contribution in [0.1, 0.15) is 80.8 Å². The maximum atomic E-state index is 11.8. The number of phenolic OH excluding ortho intramolecular Hbond substituents is 1. The molecule has 4 rings (SSSR count). The average Bonchev–Trinajstić information content (AvgIpc) is 3.36. The molecule has 1 unspecified atom stereocenters. The Bertz CT molecular complexity index is 966. The molecular weight excluding hydrogens is 412 g/mol. The van der Waals surface area contributed by atoms with E-state index in [0.29, 0.717) is 42.6 Å². The van der Waals surface area contributed by atoms with Crippen LogP contribution in [0.4, 0.5) is 0 Å². The molecule has 0 bridgehead atoms. The first-order valence-corrected chi connectivity index (χ1v) is 11.7. The fourth-order valence-electron chi connectivity index (χ4n) is 5.39. The molecule has 2 aromatic rings. The van der Waals surface area contributed by atoms with Gasteiger partial charge in [-0.3, -0.25) is 4.79 Å². The van der Waals surface area contributed by atoms with E-state index < -0.39 is 24.1 Å². The van der Waals surface area contributed by atoms with E-state index >= 15 is 0 Å². The highest BCUT2D eigenvalue weighted by Crippen LogP contribution is 2.51. The normalized spacial score (nSPS) is 30.8. The zero-order chi connectivity index (χ0) is 23.2. The van der Waals surface area contributed by atoms with Crippen LogP contribution in [0.2, 0.25) is 0 Å². The molecule has 1 aromatic carbocycles. The summed E-state index contributed by atoms with van der Waals surface area (Å²) in [5.74, 6) is 0.109. The Morgan fingerprint density at radius 3 is 2.59 bits per heavy atom. The Balaban J connectivity index is 1.73. The number of aliphatic hydroxyl groups is 2. The first kappa shape index (κ1) is 23.2. The Morgan fingerprint density at radius 2 is 2.03 bits per heavy atom. The largest absolute Gasteiger partial charge is 0.507 e. The summed E-state index contributed by atoms with van der Waals surface area (Å²) in [6.07, 6.45) is 2.85. The van der Waals surface area contributed by atoms with Gasteiger partial charge >= 0.3 is 0 Å².